The third kappa shape index (κ3) is 4.19. The van der Waals surface area contributed by atoms with E-state index in [4.69, 9.17) is 4.74 Å². The minimum atomic E-state index is -1.21. The second kappa shape index (κ2) is 7.51. The summed E-state index contributed by atoms with van der Waals surface area (Å²) in [5, 5.41) is 14.7. The van der Waals surface area contributed by atoms with Crippen LogP contribution in [0.15, 0.2) is 23.9 Å². The summed E-state index contributed by atoms with van der Waals surface area (Å²) in [5.41, 5.74) is -0.331. The van der Waals surface area contributed by atoms with Crippen LogP contribution in [0, 0.1) is 5.92 Å². The Kier molecular flexibility index (Phi) is 5.74. The first-order chi connectivity index (χ1) is 12.5. The molecule has 9 nitrogen and oxygen atoms in total. The number of nitrogens with zero attached hydrogens (tertiary/aromatic N) is 2. The van der Waals surface area contributed by atoms with Gasteiger partial charge in [0.2, 0.25) is 0 Å². The van der Waals surface area contributed by atoms with E-state index in [-0.39, 0.29) is 36.6 Å². The normalized spacial score (nSPS) is 21.1. The molecule has 0 radical (unpaired) electrons. The van der Waals surface area contributed by atoms with Gasteiger partial charge in [-0.1, -0.05) is 13.0 Å². The molecular weight excluding hydrogens is 354 g/mol. The summed E-state index contributed by atoms with van der Waals surface area (Å²) in [5.74, 6) is -3.15. The molecule has 2 N–H and O–H groups in total. The molecule has 27 heavy (non-hydrogen) atoms. The standard InChI is InChI=1S/C18H25N3O6/c1-6-10(16(24)25)14-11(13(22)7-2)8-20-9-12(15(23)21(14)20)19-17(26)27-18(3,4)5/h6,10,12H,1,7-9H2,2-5H3,(H,19,26)(H,24,25)/t10?,12-/m0/s1. The molecule has 1 fully saturated rings. The van der Waals surface area contributed by atoms with E-state index >= 15 is 0 Å². The predicted octanol–water partition coefficient (Wildman–Crippen LogP) is 1.07. The first-order valence-corrected chi connectivity index (χ1v) is 8.70. The summed E-state index contributed by atoms with van der Waals surface area (Å²) in [6, 6.07) is -0.896. The van der Waals surface area contributed by atoms with Crippen molar-refractivity contribution in [3.63, 3.8) is 0 Å². The average molecular weight is 379 g/mol. The van der Waals surface area contributed by atoms with Crippen LogP contribution in [0.25, 0.3) is 0 Å². The molecule has 148 valence electrons. The monoisotopic (exact) mass is 379 g/mol. The highest BCUT2D eigenvalue weighted by Crippen LogP contribution is 2.35. The fourth-order valence-electron chi connectivity index (χ4n) is 3.11. The minimum absolute atomic E-state index is 0.0999. The van der Waals surface area contributed by atoms with Crippen molar-refractivity contribution >= 4 is 23.8 Å². The Balaban J connectivity index is 2.30. The summed E-state index contributed by atoms with van der Waals surface area (Å²) in [6.07, 6.45) is 0.640. The van der Waals surface area contributed by atoms with E-state index in [9.17, 15) is 24.3 Å². The lowest BCUT2D eigenvalue weighted by Crippen LogP contribution is -2.45. The zero-order chi connectivity index (χ0) is 20.5. The first-order valence-electron chi connectivity index (χ1n) is 8.70. The molecule has 2 aliphatic rings. The van der Waals surface area contributed by atoms with Crippen molar-refractivity contribution in [3.8, 4) is 0 Å². The topological polar surface area (TPSA) is 116 Å². The van der Waals surface area contributed by atoms with E-state index in [1.165, 1.54) is 11.1 Å². The Bertz CT molecular complexity index is 721. The predicted molar refractivity (Wildman–Crippen MR) is 95.2 cm³/mol. The maximum Gasteiger partial charge on any atom is 0.408 e. The molecule has 0 aliphatic carbocycles. The first kappa shape index (κ1) is 20.6. The molecule has 0 aromatic rings. The van der Waals surface area contributed by atoms with Crippen molar-refractivity contribution in [2.45, 2.75) is 45.8 Å². The highest BCUT2D eigenvalue weighted by atomic mass is 16.6. The number of Topliss-reactive ketones (excluding diaryl/α,β-unsaturated/α-hetero) is 1. The van der Waals surface area contributed by atoms with Crippen molar-refractivity contribution in [2.24, 2.45) is 5.92 Å². The number of amides is 2. The Morgan fingerprint density at radius 3 is 2.52 bits per heavy atom. The van der Waals surface area contributed by atoms with E-state index in [0.29, 0.717) is 0 Å². The van der Waals surface area contributed by atoms with Gasteiger partial charge in [0.25, 0.3) is 5.91 Å². The highest BCUT2D eigenvalue weighted by molar-refractivity contribution is 6.00. The molecule has 0 saturated carbocycles. The Labute approximate surface area is 157 Å². The van der Waals surface area contributed by atoms with E-state index < -0.39 is 35.5 Å². The fraction of sp³-hybridized carbons (Fsp3) is 0.556. The van der Waals surface area contributed by atoms with Crippen LogP contribution in [0.4, 0.5) is 4.79 Å². The average Bonchev–Trinajstić information content (AvgIpc) is 3.03. The number of ketones is 1. The van der Waals surface area contributed by atoms with Crippen LogP contribution in [-0.4, -0.2) is 63.6 Å². The molecule has 2 heterocycles. The molecular formula is C18H25N3O6. The van der Waals surface area contributed by atoms with Gasteiger partial charge < -0.3 is 15.2 Å². The quantitative estimate of drug-likeness (QED) is 0.663. The van der Waals surface area contributed by atoms with Crippen LogP contribution < -0.4 is 5.32 Å². The molecule has 9 heteroatoms. The van der Waals surface area contributed by atoms with Gasteiger partial charge in [0.05, 0.1) is 5.70 Å². The zero-order valence-electron chi connectivity index (χ0n) is 15.9. The molecule has 2 amide bonds. The van der Waals surface area contributed by atoms with Crippen LogP contribution in [0.5, 0.6) is 0 Å². The van der Waals surface area contributed by atoms with Gasteiger partial charge in [-0.05, 0) is 20.8 Å². The largest absolute Gasteiger partial charge is 0.481 e. The number of carboxylic acid groups (broad SMARTS) is 1. The van der Waals surface area contributed by atoms with Crippen LogP contribution in [-0.2, 0) is 19.1 Å². The van der Waals surface area contributed by atoms with Crippen LogP contribution >= 0.6 is 0 Å². The Hall–Kier alpha value is -2.68. The molecule has 0 aromatic heterocycles. The van der Waals surface area contributed by atoms with Crippen LogP contribution in [0.2, 0.25) is 0 Å². The second-order valence-corrected chi connectivity index (χ2v) is 7.39. The zero-order valence-corrected chi connectivity index (χ0v) is 15.9. The number of hydrazine groups is 1. The molecule has 0 spiro atoms. The number of hydrogen-bond donors (Lipinski definition) is 2. The third-order valence-electron chi connectivity index (χ3n) is 4.21. The summed E-state index contributed by atoms with van der Waals surface area (Å²) in [6.45, 7) is 10.5. The summed E-state index contributed by atoms with van der Waals surface area (Å²) in [4.78, 5) is 48.7. The molecule has 0 aromatic carbocycles. The number of aliphatic carboxylic acids is 1. The Morgan fingerprint density at radius 2 is 2.04 bits per heavy atom. The minimum Gasteiger partial charge on any atom is -0.481 e. The fourth-order valence-corrected chi connectivity index (χ4v) is 3.11. The Morgan fingerprint density at radius 1 is 1.41 bits per heavy atom. The molecule has 2 aliphatic heterocycles. The number of carboxylic acids is 1. The van der Waals surface area contributed by atoms with Crippen molar-refractivity contribution in [1.29, 1.82) is 0 Å². The number of carbonyl (C=O) groups is 4. The summed E-state index contributed by atoms with van der Waals surface area (Å²) < 4.78 is 5.16. The van der Waals surface area contributed by atoms with E-state index in [2.05, 4.69) is 11.9 Å². The highest BCUT2D eigenvalue weighted by Gasteiger charge is 2.49. The maximum absolute atomic E-state index is 12.8. The van der Waals surface area contributed by atoms with Crippen molar-refractivity contribution in [2.75, 3.05) is 13.1 Å². The van der Waals surface area contributed by atoms with Crippen molar-refractivity contribution in [3.05, 3.63) is 23.9 Å². The van der Waals surface area contributed by atoms with Gasteiger partial charge in [0.1, 0.15) is 17.6 Å². The molecule has 2 rings (SSSR count). The molecule has 0 bridgehead atoms. The lowest BCUT2D eigenvalue weighted by atomic mass is 9.97. The van der Waals surface area contributed by atoms with E-state index in [1.54, 1.807) is 32.7 Å². The second-order valence-electron chi connectivity index (χ2n) is 7.39. The van der Waals surface area contributed by atoms with Crippen molar-refractivity contribution in [1.82, 2.24) is 15.3 Å². The molecule has 2 atom stereocenters. The number of fused-ring (bicyclic) bond motifs is 1. The van der Waals surface area contributed by atoms with Gasteiger partial charge in [-0.15, -0.1) is 6.58 Å². The number of rotatable bonds is 6. The maximum atomic E-state index is 12.8. The van der Waals surface area contributed by atoms with E-state index in [0.717, 1.165) is 0 Å². The summed E-state index contributed by atoms with van der Waals surface area (Å²) >= 11 is 0. The molecule has 1 saturated heterocycles. The number of nitrogens with one attached hydrogen (secondary N) is 1. The SMILES string of the molecule is C=CC(C(=O)O)C1=C(C(=O)CC)CN2C[C@H](NC(=O)OC(C)(C)C)C(=O)N12. The lowest BCUT2D eigenvalue weighted by Gasteiger charge is -2.24. The van der Waals surface area contributed by atoms with Crippen molar-refractivity contribution < 1.29 is 29.0 Å². The number of hydrogen-bond acceptors (Lipinski definition) is 6. The van der Waals surface area contributed by atoms with Gasteiger partial charge in [-0.25, -0.2) is 14.8 Å². The van der Waals surface area contributed by atoms with Crippen LogP contribution in [0.1, 0.15) is 34.1 Å². The van der Waals surface area contributed by atoms with E-state index in [1.807, 2.05) is 0 Å². The van der Waals surface area contributed by atoms with Gasteiger partial charge >= 0.3 is 12.1 Å². The molecule has 1 unspecified atom stereocenters. The smallest absolute Gasteiger partial charge is 0.408 e. The third-order valence-corrected chi connectivity index (χ3v) is 4.21. The summed E-state index contributed by atoms with van der Waals surface area (Å²) in [7, 11) is 0. The van der Waals surface area contributed by atoms with Gasteiger partial charge in [0.15, 0.2) is 5.78 Å². The van der Waals surface area contributed by atoms with Gasteiger partial charge in [-0.2, -0.15) is 0 Å². The van der Waals surface area contributed by atoms with Crippen LogP contribution in [0.3, 0.4) is 0 Å². The van der Waals surface area contributed by atoms with Gasteiger partial charge in [-0.3, -0.25) is 14.4 Å². The lowest BCUT2D eigenvalue weighted by molar-refractivity contribution is -0.141. The van der Waals surface area contributed by atoms with Gasteiger partial charge in [0, 0.05) is 25.1 Å². The number of carbonyl (C=O) groups excluding carboxylic acids is 3. The number of ether oxygens (including phenoxy) is 1. The number of alkyl carbamates (subject to hydrolysis) is 1.